The van der Waals surface area contributed by atoms with Crippen LogP contribution in [0.25, 0.3) is 0 Å². The van der Waals surface area contributed by atoms with E-state index in [-0.39, 0.29) is 5.91 Å². The van der Waals surface area contributed by atoms with Crippen LogP contribution in [0.3, 0.4) is 0 Å². The summed E-state index contributed by atoms with van der Waals surface area (Å²) in [6.45, 7) is 7.06. The molecule has 1 atom stereocenters. The zero-order valence-corrected chi connectivity index (χ0v) is 10.9. The minimum absolute atomic E-state index is 0.167. The molecule has 0 aromatic carbocycles. The van der Waals surface area contributed by atoms with Gasteiger partial charge >= 0.3 is 0 Å². The van der Waals surface area contributed by atoms with Crippen LogP contribution in [0.2, 0.25) is 0 Å². The van der Waals surface area contributed by atoms with Gasteiger partial charge in [-0.25, -0.2) is 0 Å². The fourth-order valence-corrected chi connectivity index (χ4v) is 1.92. The van der Waals surface area contributed by atoms with Gasteiger partial charge in [0.25, 0.3) is 0 Å². The Kier molecular flexibility index (Phi) is 8.88. The van der Waals surface area contributed by atoms with Gasteiger partial charge in [-0.05, 0) is 24.7 Å². The largest absolute Gasteiger partial charge is 0.356 e. The van der Waals surface area contributed by atoms with E-state index in [1.807, 2.05) is 0 Å². The van der Waals surface area contributed by atoms with E-state index < -0.39 is 0 Å². The van der Waals surface area contributed by atoms with Crippen molar-refractivity contribution in [2.45, 2.75) is 46.5 Å². The van der Waals surface area contributed by atoms with Crippen LogP contribution in [0.1, 0.15) is 46.5 Å². The van der Waals surface area contributed by atoms with Crippen molar-refractivity contribution in [1.29, 1.82) is 0 Å². The molecule has 15 heavy (non-hydrogen) atoms. The van der Waals surface area contributed by atoms with Crippen molar-refractivity contribution in [3.05, 3.63) is 0 Å². The lowest BCUT2D eigenvalue weighted by Crippen LogP contribution is -2.30. The summed E-state index contributed by atoms with van der Waals surface area (Å²) in [6.07, 6.45) is 3.92. The predicted octanol–water partition coefficient (Wildman–Crippen LogP) is 3.19. The number of halogens is 1. The average molecular weight is 234 g/mol. The van der Waals surface area contributed by atoms with Gasteiger partial charge < -0.3 is 5.32 Å². The molecule has 3 heteroatoms. The third-order valence-electron chi connectivity index (χ3n) is 2.40. The Hall–Kier alpha value is -0.240. The lowest BCUT2D eigenvalue weighted by atomic mass is 10.0. The Bertz CT molecular complexity index is 165. The molecule has 0 saturated carbocycles. The fourth-order valence-electron chi connectivity index (χ4n) is 1.61. The summed E-state index contributed by atoms with van der Waals surface area (Å²) < 4.78 is 0. The number of hydrogen-bond donors (Lipinski definition) is 1. The SMILES string of the molecule is CCCC(CCCl)CNC(=O)CC(C)C. The minimum Gasteiger partial charge on any atom is -0.356 e. The second-order valence-electron chi connectivity index (χ2n) is 4.53. The first-order valence-corrected chi connectivity index (χ1v) is 6.46. The maximum absolute atomic E-state index is 11.4. The highest BCUT2D eigenvalue weighted by atomic mass is 35.5. The molecule has 0 aliphatic rings. The molecule has 2 nitrogen and oxygen atoms in total. The van der Waals surface area contributed by atoms with Crippen LogP contribution in [0, 0.1) is 11.8 Å². The van der Waals surface area contributed by atoms with Crippen LogP contribution in [0.15, 0.2) is 0 Å². The van der Waals surface area contributed by atoms with Gasteiger partial charge in [-0.2, -0.15) is 0 Å². The molecule has 0 spiro atoms. The third-order valence-corrected chi connectivity index (χ3v) is 2.61. The summed E-state index contributed by atoms with van der Waals surface area (Å²) in [4.78, 5) is 11.4. The number of amides is 1. The summed E-state index contributed by atoms with van der Waals surface area (Å²) in [5.41, 5.74) is 0. The lowest BCUT2D eigenvalue weighted by molar-refractivity contribution is -0.122. The number of hydrogen-bond acceptors (Lipinski definition) is 1. The number of alkyl halides is 1. The zero-order valence-electron chi connectivity index (χ0n) is 10.2. The summed E-state index contributed by atoms with van der Waals surface area (Å²) >= 11 is 5.72. The molecule has 0 rings (SSSR count). The second-order valence-corrected chi connectivity index (χ2v) is 4.91. The van der Waals surface area contributed by atoms with E-state index in [0.717, 1.165) is 25.8 Å². The molecule has 1 unspecified atom stereocenters. The van der Waals surface area contributed by atoms with Gasteiger partial charge in [-0.3, -0.25) is 4.79 Å². The third kappa shape index (κ3) is 8.73. The molecule has 0 bridgehead atoms. The standard InChI is InChI=1S/C12H24ClNO/c1-4-5-11(6-7-13)9-14-12(15)8-10(2)3/h10-11H,4-9H2,1-3H3,(H,14,15). The van der Waals surface area contributed by atoms with Crippen molar-refractivity contribution in [1.82, 2.24) is 5.32 Å². The molecule has 0 saturated heterocycles. The first kappa shape index (κ1) is 14.8. The fraction of sp³-hybridized carbons (Fsp3) is 0.917. The summed E-state index contributed by atoms with van der Waals surface area (Å²) in [5.74, 6) is 1.83. The van der Waals surface area contributed by atoms with Crippen molar-refractivity contribution in [2.75, 3.05) is 12.4 Å². The van der Waals surface area contributed by atoms with Crippen LogP contribution in [0.4, 0.5) is 0 Å². The molecule has 90 valence electrons. The van der Waals surface area contributed by atoms with Crippen molar-refractivity contribution in [3.63, 3.8) is 0 Å². The van der Waals surface area contributed by atoms with Gasteiger partial charge in [0.05, 0.1) is 0 Å². The van der Waals surface area contributed by atoms with E-state index in [4.69, 9.17) is 11.6 Å². The minimum atomic E-state index is 0.167. The van der Waals surface area contributed by atoms with E-state index in [1.54, 1.807) is 0 Å². The van der Waals surface area contributed by atoms with Gasteiger partial charge in [0.2, 0.25) is 5.91 Å². The summed E-state index contributed by atoms with van der Waals surface area (Å²) in [6, 6.07) is 0. The highest BCUT2D eigenvalue weighted by Crippen LogP contribution is 2.11. The Morgan fingerprint density at radius 1 is 1.33 bits per heavy atom. The van der Waals surface area contributed by atoms with E-state index in [1.165, 1.54) is 0 Å². The van der Waals surface area contributed by atoms with E-state index in [2.05, 4.69) is 26.1 Å². The van der Waals surface area contributed by atoms with E-state index in [0.29, 0.717) is 24.1 Å². The molecule has 0 aliphatic heterocycles. The predicted molar refractivity (Wildman–Crippen MR) is 66.2 cm³/mol. The van der Waals surface area contributed by atoms with Crippen molar-refractivity contribution >= 4 is 17.5 Å². The number of carbonyl (C=O) groups is 1. The molecular formula is C12H24ClNO. The molecular weight excluding hydrogens is 210 g/mol. The van der Waals surface area contributed by atoms with Gasteiger partial charge in [0.15, 0.2) is 0 Å². The van der Waals surface area contributed by atoms with Crippen molar-refractivity contribution < 1.29 is 4.79 Å². The van der Waals surface area contributed by atoms with Crippen LogP contribution in [-0.4, -0.2) is 18.3 Å². The van der Waals surface area contributed by atoms with Gasteiger partial charge in [-0.1, -0.05) is 27.2 Å². The zero-order chi connectivity index (χ0) is 11.7. The Labute approximate surface area is 98.8 Å². The van der Waals surface area contributed by atoms with Crippen LogP contribution < -0.4 is 5.32 Å². The molecule has 0 aliphatic carbocycles. The Balaban J connectivity index is 3.72. The van der Waals surface area contributed by atoms with Crippen molar-refractivity contribution in [2.24, 2.45) is 11.8 Å². The summed E-state index contributed by atoms with van der Waals surface area (Å²) in [5, 5.41) is 2.99. The number of nitrogens with one attached hydrogen (secondary N) is 1. The number of rotatable bonds is 8. The normalized spacial score (nSPS) is 12.9. The monoisotopic (exact) mass is 233 g/mol. The first-order chi connectivity index (χ1) is 7.10. The molecule has 1 N–H and O–H groups in total. The quantitative estimate of drug-likeness (QED) is 0.641. The number of carbonyl (C=O) groups excluding carboxylic acids is 1. The highest BCUT2D eigenvalue weighted by Gasteiger charge is 2.10. The molecule has 0 heterocycles. The maximum Gasteiger partial charge on any atom is 0.220 e. The molecule has 0 radical (unpaired) electrons. The first-order valence-electron chi connectivity index (χ1n) is 5.92. The molecule has 1 amide bonds. The maximum atomic E-state index is 11.4. The van der Waals surface area contributed by atoms with Gasteiger partial charge in [0.1, 0.15) is 0 Å². The molecule has 0 fully saturated rings. The Morgan fingerprint density at radius 2 is 2.00 bits per heavy atom. The lowest BCUT2D eigenvalue weighted by Gasteiger charge is -2.16. The van der Waals surface area contributed by atoms with Crippen LogP contribution >= 0.6 is 11.6 Å². The van der Waals surface area contributed by atoms with E-state index in [9.17, 15) is 4.79 Å². The van der Waals surface area contributed by atoms with Crippen molar-refractivity contribution in [3.8, 4) is 0 Å². The van der Waals surface area contributed by atoms with Gasteiger partial charge in [0, 0.05) is 18.8 Å². The smallest absolute Gasteiger partial charge is 0.220 e. The second kappa shape index (κ2) is 9.02. The van der Waals surface area contributed by atoms with Crippen LogP contribution in [-0.2, 0) is 4.79 Å². The average Bonchev–Trinajstić information content (AvgIpc) is 2.14. The topological polar surface area (TPSA) is 29.1 Å². The van der Waals surface area contributed by atoms with Gasteiger partial charge in [-0.15, -0.1) is 11.6 Å². The Morgan fingerprint density at radius 3 is 2.47 bits per heavy atom. The molecule has 0 aromatic rings. The highest BCUT2D eigenvalue weighted by molar-refractivity contribution is 6.17. The summed E-state index contributed by atoms with van der Waals surface area (Å²) in [7, 11) is 0. The van der Waals surface area contributed by atoms with E-state index >= 15 is 0 Å². The van der Waals surface area contributed by atoms with Crippen LogP contribution in [0.5, 0.6) is 0 Å². The molecule has 0 aromatic heterocycles.